The van der Waals surface area contributed by atoms with Gasteiger partial charge in [0.15, 0.2) is 0 Å². The van der Waals surface area contributed by atoms with Crippen molar-refractivity contribution in [2.24, 2.45) is 0 Å². The van der Waals surface area contributed by atoms with E-state index in [2.05, 4.69) is 25.4 Å². The molecule has 4 heterocycles. The fraction of sp³-hybridized carbons (Fsp3) is 0.706. The molecule has 0 bridgehead atoms. The summed E-state index contributed by atoms with van der Waals surface area (Å²) >= 11 is 0. The first-order valence-electron chi connectivity index (χ1n) is 9.43. The number of likely N-dealkylation sites (tertiary alicyclic amines) is 1. The summed E-state index contributed by atoms with van der Waals surface area (Å²) in [5, 5.41) is 13.5. The second-order valence-corrected chi connectivity index (χ2v) is 7.31. The van der Waals surface area contributed by atoms with Crippen LogP contribution >= 0.6 is 0 Å². The number of amides is 4. The predicted molar refractivity (Wildman–Crippen MR) is 91.2 cm³/mol. The zero-order chi connectivity index (χ0) is 18.1. The minimum Gasteiger partial charge on any atom is -0.343 e. The lowest BCUT2D eigenvalue weighted by Crippen LogP contribution is -2.42. The van der Waals surface area contributed by atoms with Crippen molar-refractivity contribution in [1.29, 1.82) is 0 Å². The molecule has 0 radical (unpaired) electrons. The van der Waals surface area contributed by atoms with Gasteiger partial charge in [0.2, 0.25) is 5.91 Å². The Labute approximate surface area is 151 Å². The van der Waals surface area contributed by atoms with Crippen molar-refractivity contribution < 1.29 is 14.4 Å². The largest absolute Gasteiger partial charge is 0.343 e. The minimum atomic E-state index is -0.750. The highest BCUT2D eigenvalue weighted by molar-refractivity contribution is 6.05. The summed E-state index contributed by atoms with van der Waals surface area (Å²) in [6, 6.07) is -1.28. The van der Waals surface area contributed by atoms with Gasteiger partial charge in [0.1, 0.15) is 17.7 Å². The molecule has 9 nitrogen and oxygen atoms in total. The Kier molecular flexibility index (Phi) is 4.60. The molecule has 2 saturated heterocycles. The Morgan fingerprint density at radius 3 is 2.62 bits per heavy atom. The van der Waals surface area contributed by atoms with Crippen molar-refractivity contribution in [2.45, 2.75) is 63.5 Å². The van der Waals surface area contributed by atoms with Gasteiger partial charge in [0.25, 0.3) is 5.91 Å². The summed E-state index contributed by atoms with van der Waals surface area (Å²) < 4.78 is 2.29. The van der Waals surface area contributed by atoms with Crippen LogP contribution in [-0.4, -0.2) is 56.6 Å². The average Bonchev–Trinajstić information content (AvgIpc) is 3.08. The van der Waals surface area contributed by atoms with Gasteiger partial charge in [-0.15, -0.1) is 10.2 Å². The monoisotopic (exact) mass is 360 g/mol. The second kappa shape index (κ2) is 7.05. The van der Waals surface area contributed by atoms with Gasteiger partial charge in [-0.3, -0.25) is 14.9 Å². The molecule has 2 fully saturated rings. The number of fused-ring (bicyclic) bond motifs is 1. The van der Waals surface area contributed by atoms with Gasteiger partial charge in [-0.2, -0.15) is 0 Å². The first kappa shape index (κ1) is 17.0. The summed E-state index contributed by atoms with van der Waals surface area (Å²) in [4.78, 5) is 37.0. The normalized spacial score (nSPS) is 24.0. The fourth-order valence-electron chi connectivity index (χ4n) is 4.10. The number of piperidine rings is 1. The van der Waals surface area contributed by atoms with E-state index in [-0.39, 0.29) is 12.3 Å². The summed E-state index contributed by atoms with van der Waals surface area (Å²) in [7, 11) is 0. The van der Waals surface area contributed by atoms with Gasteiger partial charge in [0.05, 0.1) is 6.42 Å². The van der Waals surface area contributed by atoms with E-state index in [1.165, 1.54) is 19.3 Å². The van der Waals surface area contributed by atoms with Gasteiger partial charge >= 0.3 is 6.03 Å². The Hall–Kier alpha value is -2.45. The molecule has 140 valence electrons. The smallest absolute Gasteiger partial charge is 0.322 e. The Morgan fingerprint density at radius 2 is 1.88 bits per heavy atom. The highest BCUT2D eigenvalue weighted by Crippen LogP contribution is 2.29. The third kappa shape index (κ3) is 3.30. The molecule has 1 aromatic heterocycles. The van der Waals surface area contributed by atoms with Crippen LogP contribution in [0.4, 0.5) is 4.79 Å². The van der Waals surface area contributed by atoms with Gasteiger partial charge in [-0.1, -0.05) is 6.42 Å². The zero-order valence-corrected chi connectivity index (χ0v) is 14.7. The maximum Gasteiger partial charge on any atom is 0.322 e. The third-order valence-corrected chi connectivity index (χ3v) is 5.59. The number of aryl methyl sites for hydroxylation is 1. The topological polar surface area (TPSA) is 109 Å². The molecule has 0 spiro atoms. The quantitative estimate of drug-likeness (QED) is 0.754. The van der Waals surface area contributed by atoms with E-state index in [1.54, 1.807) is 4.90 Å². The predicted octanol–water partition coefficient (Wildman–Crippen LogP) is 0.309. The lowest BCUT2D eigenvalue weighted by molar-refractivity contribution is -0.134. The first-order valence-corrected chi connectivity index (χ1v) is 9.43. The number of aromatic nitrogens is 3. The van der Waals surface area contributed by atoms with Crippen LogP contribution in [0.2, 0.25) is 0 Å². The standard InChI is InChI=1S/C17H24N6O3/c24-14(10-12-16(25)19-17(26)18-12)22-8-5-11(6-9-22)15-21-20-13-4-2-1-3-7-23(13)15/h11-12H,1-10H2,(H2,18,19,25,26). The lowest BCUT2D eigenvalue weighted by Gasteiger charge is -2.32. The van der Waals surface area contributed by atoms with Gasteiger partial charge in [-0.25, -0.2) is 4.79 Å². The molecule has 1 unspecified atom stereocenters. The van der Waals surface area contributed by atoms with Crippen LogP contribution in [-0.2, 0) is 22.6 Å². The van der Waals surface area contributed by atoms with Crippen LogP contribution in [0.1, 0.15) is 56.1 Å². The van der Waals surface area contributed by atoms with Crippen molar-refractivity contribution in [2.75, 3.05) is 13.1 Å². The number of carbonyl (C=O) groups is 3. The summed E-state index contributed by atoms with van der Waals surface area (Å²) in [5.74, 6) is 1.97. The number of nitrogens with zero attached hydrogens (tertiary/aromatic N) is 4. The lowest BCUT2D eigenvalue weighted by atomic mass is 9.95. The molecule has 3 aliphatic rings. The van der Waals surface area contributed by atoms with Crippen LogP contribution < -0.4 is 10.6 Å². The maximum absolute atomic E-state index is 12.4. The average molecular weight is 360 g/mol. The van der Waals surface area contributed by atoms with Crippen LogP contribution in [0.5, 0.6) is 0 Å². The van der Waals surface area contributed by atoms with E-state index in [4.69, 9.17) is 0 Å². The van der Waals surface area contributed by atoms with Gasteiger partial charge in [0, 0.05) is 32.0 Å². The molecule has 4 amide bonds. The highest BCUT2D eigenvalue weighted by atomic mass is 16.2. The Morgan fingerprint density at radius 1 is 1.08 bits per heavy atom. The second-order valence-electron chi connectivity index (χ2n) is 7.31. The molecule has 0 aliphatic carbocycles. The summed E-state index contributed by atoms with van der Waals surface area (Å²) in [5.41, 5.74) is 0. The molecule has 9 heteroatoms. The van der Waals surface area contributed by atoms with Crippen molar-refractivity contribution >= 4 is 17.8 Å². The molecule has 1 aromatic rings. The zero-order valence-electron chi connectivity index (χ0n) is 14.7. The molecule has 26 heavy (non-hydrogen) atoms. The van der Waals surface area contributed by atoms with Gasteiger partial charge < -0.3 is 14.8 Å². The molecule has 1 atom stereocenters. The Balaban J connectivity index is 1.34. The van der Waals surface area contributed by atoms with E-state index in [0.717, 1.165) is 37.5 Å². The van der Waals surface area contributed by atoms with E-state index < -0.39 is 18.0 Å². The number of carbonyl (C=O) groups excluding carboxylic acids is 3. The molecule has 0 saturated carbocycles. The van der Waals surface area contributed by atoms with Crippen molar-refractivity contribution in [3.05, 3.63) is 11.6 Å². The minimum absolute atomic E-state index is 0.0164. The van der Waals surface area contributed by atoms with Crippen molar-refractivity contribution in [3.8, 4) is 0 Å². The van der Waals surface area contributed by atoms with Crippen LogP contribution in [0.25, 0.3) is 0 Å². The molecule has 2 N–H and O–H groups in total. The molecular formula is C17H24N6O3. The van der Waals surface area contributed by atoms with E-state index >= 15 is 0 Å². The van der Waals surface area contributed by atoms with Gasteiger partial charge in [-0.05, 0) is 25.7 Å². The summed E-state index contributed by atoms with van der Waals surface area (Å²) in [6.45, 7) is 2.29. The third-order valence-electron chi connectivity index (χ3n) is 5.59. The molecule has 0 aromatic carbocycles. The van der Waals surface area contributed by atoms with Crippen molar-refractivity contribution in [3.63, 3.8) is 0 Å². The molecule has 3 aliphatic heterocycles. The molecule has 4 rings (SSSR count). The van der Waals surface area contributed by atoms with E-state index in [9.17, 15) is 14.4 Å². The highest BCUT2D eigenvalue weighted by Gasteiger charge is 2.34. The van der Waals surface area contributed by atoms with Crippen molar-refractivity contribution in [1.82, 2.24) is 30.3 Å². The number of imide groups is 1. The number of hydrogen-bond donors (Lipinski definition) is 2. The number of hydrogen-bond acceptors (Lipinski definition) is 5. The summed E-state index contributed by atoms with van der Waals surface area (Å²) in [6.07, 6.45) is 6.31. The number of nitrogens with one attached hydrogen (secondary N) is 2. The number of urea groups is 1. The first-order chi connectivity index (χ1) is 12.6. The maximum atomic E-state index is 12.4. The SMILES string of the molecule is O=C1NC(=O)C(CC(=O)N2CCC(c3nnc4n3CCCCC4)CC2)N1. The van der Waals surface area contributed by atoms with Crippen LogP contribution in [0.15, 0.2) is 0 Å². The Bertz CT molecular complexity index is 722. The van der Waals surface area contributed by atoms with Crippen LogP contribution in [0, 0.1) is 0 Å². The molecular weight excluding hydrogens is 336 g/mol. The number of rotatable bonds is 3. The van der Waals surface area contributed by atoms with E-state index in [0.29, 0.717) is 19.0 Å². The van der Waals surface area contributed by atoms with Crippen LogP contribution in [0.3, 0.4) is 0 Å². The van der Waals surface area contributed by atoms with E-state index in [1.807, 2.05) is 0 Å². The fourth-order valence-corrected chi connectivity index (χ4v) is 4.10.